The average molecular weight is 274 g/mol. The highest BCUT2D eigenvalue weighted by Gasteiger charge is 2.09. The molecular weight excluding hydrogens is 260 g/mol. The van der Waals surface area contributed by atoms with Gasteiger partial charge in [0.25, 0.3) is 0 Å². The lowest BCUT2D eigenvalue weighted by atomic mass is 10.1. The predicted octanol–water partition coefficient (Wildman–Crippen LogP) is 3.30. The first kappa shape index (κ1) is 12.9. The van der Waals surface area contributed by atoms with Crippen molar-refractivity contribution in [3.63, 3.8) is 0 Å². The minimum atomic E-state index is 0.543. The first-order valence-electron chi connectivity index (χ1n) is 6.60. The van der Waals surface area contributed by atoms with Crippen molar-refractivity contribution >= 4 is 5.82 Å². The number of benzene rings is 2. The lowest BCUT2D eigenvalue weighted by molar-refractivity contribution is 0.894. The van der Waals surface area contributed by atoms with E-state index in [0.29, 0.717) is 11.4 Å². The lowest BCUT2D eigenvalue weighted by Crippen LogP contribution is -2.01. The van der Waals surface area contributed by atoms with Crippen molar-refractivity contribution in [2.45, 2.75) is 6.92 Å². The fourth-order valence-electron chi connectivity index (χ4n) is 2.26. The number of nitriles is 1. The molecule has 0 aliphatic carbocycles. The molecule has 1 heterocycles. The van der Waals surface area contributed by atoms with Crippen LogP contribution >= 0.6 is 0 Å². The second-order valence-electron chi connectivity index (χ2n) is 4.90. The third kappa shape index (κ3) is 2.49. The zero-order valence-electron chi connectivity index (χ0n) is 11.6. The molecule has 3 rings (SSSR count). The monoisotopic (exact) mass is 274 g/mol. The third-order valence-corrected chi connectivity index (χ3v) is 3.27. The molecule has 4 nitrogen and oxygen atoms in total. The Bertz CT molecular complexity index is 840. The van der Waals surface area contributed by atoms with Crippen molar-refractivity contribution in [3.8, 4) is 23.0 Å². The van der Waals surface area contributed by atoms with E-state index < -0.39 is 0 Å². The predicted molar refractivity (Wildman–Crippen MR) is 82.9 cm³/mol. The van der Waals surface area contributed by atoms with E-state index >= 15 is 0 Å². The van der Waals surface area contributed by atoms with Crippen molar-refractivity contribution in [1.82, 2.24) is 9.78 Å². The third-order valence-electron chi connectivity index (χ3n) is 3.27. The summed E-state index contributed by atoms with van der Waals surface area (Å²) in [6.07, 6.45) is 0. The fraction of sp³-hybridized carbons (Fsp3) is 0.0588. The highest BCUT2D eigenvalue weighted by Crippen LogP contribution is 2.23. The minimum Gasteiger partial charge on any atom is -0.384 e. The summed E-state index contributed by atoms with van der Waals surface area (Å²) in [6.45, 7) is 2.04. The van der Waals surface area contributed by atoms with E-state index in [2.05, 4.69) is 17.2 Å². The first-order valence-corrected chi connectivity index (χ1v) is 6.60. The maximum Gasteiger partial charge on any atom is 0.127 e. The molecule has 0 fully saturated rings. The van der Waals surface area contributed by atoms with Gasteiger partial charge in [0.1, 0.15) is 5.82 Å². The Kier molecular flexibility index (Phi) is 3.17. The van der Waals surface area contributed by atoms with Crippen molar-refractivity contribution in [2.75, 3.05) is 5.73 Å². The van der Waals surface area contributed by atoms with Gasteiger partial charge in [-0.1, -0.05) is 29.8 Å². The molecule has 0 unspecified atom stereocenters. The van der Waals surface area contributed by atoms with Gasteiger partial charge in [-0.15, -0.1) is 0 Å². The van der Waals surface area contributed by atoms with Gasteiger partial charge in [0.05, 0.1) is 23.0 Å². The number of nitrogen functional groups attached to an aromatic ring is 1. The standard InChI is InChI=1S/C17H14N4/c1-12-4-2-6-14(8-12)16-10-17(19)21(20-16)15-7-3-5-13(9-15)11-18/h2-10H,19H2,1H3. The molecule has 3 aromatic rings. The van der Waals surface area contributed by atoms with Crippen LogP contribution in [0.2, 0.25) is 0 Å². The topological polar surface area (TPSA) is 67.6 Å². The molecule has 102 valence electrons. The smallest absolute Gasteiger partial charge is 0.127 e. The Labute approximate surface area is 123 Å². The molecule has 0 aliphatic heterocycles. The average Bonchev–Trinajstić information content (AvgIpc) is 2.89. The summed E-state index contributed by atoms with van der Waals surface area (Å²) in [4.78, 5) is 0. The molecular formula is C17H14N4. The van der Waals surface area contributed by atoms with Gasteiger partial charge in [-0.25, -0.2) is 4.68 Å². The van der Waals surface area contributed by atoms with Crippen LogP contribution in [-0.4, -0.2) is 9.78 Å². The summed E-state index contributed by atoms with van der Waals surface area (Å²) in [5, 5.41) is 13.5. The minimum absolute atomic E-state index is 0.543. The number of hydrogen-bond donors (Lipinski definition) is 1. The highest BCUT2D eigenvalue weighted by atomic mass is 15.3. The number of nitrogens with two attached hydrogens (primary N) is 1. The first-order chi connectivity index (χ1) is 10.2. The summed E-state index contributed by atoms with van der Waals surface area (Å²) < 4.78 is 1.65. The SMILES string of the molecule is Cc1cccc(-c2cc(N)n(-c3cccc(C#N)c3)n2)c1. The molecule has 2 N–H and O–H groups in total. The Balaban J connectivity index is 2.08. The van der Waals surface area contributed by atoms with Crippen LogP contribution < -0.4 is 5.73 Å². The second kappa shape index (κ2) is 5.14. The quantitative estimate of drug-likeness (QED) is 0.779. The number of aryl methyl sites for hydroxylation is 1. The molecule has 0 spiro atoms. The van der Waals surface area contributed by atoms with Gasteiger partial charge in [-0.05, 0) is 31.2 Å². The van der Waals surface area contributed by atoms with Gasteiger partial charge in [0, 0.05) is 11.6 Å². The van der Waals surface area contributed by atoms with Gasteiger partial charge < -0.3 is 5.73 Å². The molecule has 0 atom stereocenters. The van der Waals surface area contributed by atoms with E-state index in [9.17, 15) is 0 Å². The van der Waals surface area contributed by atoms with E-state index in [1.54, 1.807) is 16.8 Å². The molecule has 21 heavy (non-hydrogen) atoms. The lowest BCUT2D eigenvalue weighted by Gasteiger charge is -2.03. The van der Waals surface area contributed by atoms with Gasteiger partial charge in [-0.2, -0.15) is 10.4 Å². The summed E-state index contributed by atoms with van der Waals surface area (Å²) in [7, 11) is 0. The summed E-state index contributed by atoms with van der Waals surface area (Å²) in [5.74, 6) is 0.543. The van der Waals surface area contributed by atoms with Crippen LogP contribution in [0, 0.1) is 18.3 Å². The van der Waals surface area contributed by atoms with Crippen LogP contribution in [0.3, 0.4) is 0 Å². The van der Waals surface area contributed by atoms with Crippen LogP contribution in [0.25, 0.3) is 16.9 Å². The summed E-state index contributed by atoms with van der Waals surface area (Å²) >= 11 is 0. The maximum absolute atomic E-state index is 8.98. The molecule has 2 aromatic carbocycles. The van der Waals surface area contributed by atoms with E-state index in [1.807, 2.05) is 43.3 Å². The molecule has 0 saturated heterocycles. The van der Waals surface area contributed by atoms with Gasteiger partial charge in [0.2, 0.25) is 0 Å². The Morgan fingerprint density at radius 2 is 1.90 bits per heavy atom. The van der Waals surface area contributed by atoms with Crippen LogP contribution in [0.15, 0.2) is 54.6 Å². The number of rotatable bonds is 2. The Morgan fingerprint density at radius 3 is 2.67 bits per heavy atom. The van der Waals surface area contributed by atoms with Crippen LogP contribution in [0.5, 0.6) is 0 Å². The summed E-state index contributed by atoms with van der Waals surface area (Å²) in [6, 6.07) is 19.3. The number of aromatic nitrogens is 2. The van der Waals surface area contributed by atoms with E-state index in [1.165, 1.54) is 5.56 Å². The van der Waals surface area contributed by atoms with E-state index in [4.69, 9.17) is 11.0 Å². The molecule has 4 heteroatoms. The molecule has 0 bridgehead atoms. The van der Waals surface area contributed by atoms with Gasteiger partial charge in [-0.3, -0.25) is 0 Å². The second-order valence-corrected chi connectivity index (χ2v) is 4.90. The molecule has 0 radical (unpaired) electrons. The largest absolute Gasteiger partial charge is 0.384 e. The number of nitrogens with zero attached hydrogens (tertiary/aromatic N) is 3. The van der Waals surface area contributed by atoms with Gasteiger partial charge >= 0.3 is 0 Å². The van der Waals surface area contributed by atoms with Crippen LogP contribution in [0.1, 0.15) is 11.1 Å². The normalized spacial score (nSPS) is 10.3. The zero-order valence-corrected chi connectivity index (χ0v) is 11.6. The Morgan fingerprint density at radius 1 is 1.10 bits per heavy atom. The van der Waals surface area contributed by atoms with E-state index in [-0.39, 0.29) is 0 Å². The highest BCUT2D eigenvalue weighted by molar-refractivity contribution is 5.64. The number of anilines is 1. The maximum atomic E-state index is 8.98. The Hall–Kier alpha value is -3.06. The number of hydrogen-bond acceptors (Lipinski definition) is 3. The molecule has 1 aromatic heterocycles. The van der Waals surface area contributed by atoms with Crippen molar-refractivity contribution in [2.24, 2.45) is 0 Å². The van der Waals surface area contributed by atoms with Crippen molar-refractivity contribution in [3.05, 3.63) is 65.7 Å². The molecule has 0 amide bonds. The van der Waals surface area contributed by atoms with Crippen LogP contribution in [0.4, 0.5) is 5.82 Å². The molecule has 0 aliphatic rings. The fourth-order valence-corrected chi connectivity index (χ4v) is 2.26. The molecule has 0 saturated carbocycles. The van der Waals surface area contributed by atoms with Crippen molar-refractivity contribution < 1.29 is 0 Å². The summed E-state index contributed by atoms with van der Waals surface area (Å²) in [5.41, 5.74) is 10.4. The van der Waals surface area contributed by atoms with E-state index in [0.717, 1.165) is 16.9 Å². The zero-order chi connectivity index (χ0) is 14.8. The van der Waals surface area contributed by atoms with Gasteiger partial charge in [0.15, 0.2) is 0 Å². The van der Waals surface area contributed by atoms with Crippen molar-refractivity contribution in [1.29, 1.82) is 5.26 Å². The van der Waals surface area contributed by atoms with Crippen LogP contribution in [-0.2, 0) is 0 Å².